The van der Waals surface area contributed by atoms with Crippen molar-refractivity contribution in [2.75, 3.05) is 41.3 Å². The molecule has 5 heterocycles. The first-order chi connectivity index (χ1) is 17.7. The van der Waals surface area contributed by atoms with Gasteiger partial charge in [0.2, 0.25) is 0 Å². The number of carbonyl (C=O) groups excluding carboxylic acids is 1. The highest BCUT2D eigenvalue weighted by Crippen LogP contribution is 2.35. The van der Waals surface area contributed by atoms with Gasteiger partial charge in [-0.3, -0.25) is 4.90 Å². The summed E-state index contributed by atoms with van der Waals surface area (Å²) in [5.41, 5.74) is 3.58. The normalized spacial score (nSPS) is 16.6. The molecule has 0 aliphatic carbocycles. The Bertz CT molecular complexity index is 1370. The van der Waals surface area contributed by atoms with E-state index in [1.165, 1.54) is 6.07 Å². The number of fused-ring (bicyclic) bond motifs is 2. The molecule has 2 amide bonds. The zero-order valence-electron chi connectivity index (χ0n) is 20.9. The van der Waals surface area contributed by atoms with Crippen LogP contribution in [0.5, 0.6) is 0 Å². The second kappa shape index (κ2) is 10.1. The zero-order chi connectivity index (χ0) is 27.8. The summed E-state index contributed by atoms with van der Waals surface area (Å²) in [6, 6.07) is 3.01. The van der Waals surface area contributed by atoms with E-state index in [-0.39, 0.29) is 17.2 Å². The summed E-state index contributed by atoms with van der Waals surface area (Å²) in [4.78, 5) is 34.6. The van der Waals surface area contributed by atoms with Gasteiger partial charge in [-0.15, -0.1) is 0 Å². The number of nitrogens with zero attached hydrogens (tertiary/aromatic N) is 5. The Balaban J connectivity index is 0.000000426. The molecule has 1 saturated heterocycles. The summed E-state index contributed by atoms with van der Waals surface area (Å²) in [6.07, 6.45) is 0.807. The van der Waals surface area contributed by atoms with Crippen molar-refractivity contribution >= 4 is 34.8 Å². The number of carbonyl (C=O) groups is 2. The Hall–Kier alpha value is -3.94. The Morgan fingerprint density at radius 1 is 1.21 bits per heavy atom. The highest BCUT2D eigenvalue weighted by molar-refractivity contribution is 6.03. The molecule has 3 aromatic heterocycles. The molecule has 3 aromatic rings. The number of halogens is 4. The summed E-state index contributed by atoms with van der Waals surface area (Å²) in [5, 5.41) is 13.5. The van der Waals surface area contributed by atoms with Crippen molar-refractivity contribution in [3.05, 3.63) is 47.8 Å². The number of piperazine rings is 1. The van der Waals surface area contributed by atoms with E-state index in [1.807, 2.05) is 6.07 Å². The summed E-state index contributed by atoms with van der Waals surface area (Å²) < 4.78 is 47.7. The molecule has 3 N–H and O–H groups in total. The van der Waals surface area contributed by atoms with Gasteiger partial charge in [0.1, 0.15) is 5.82 Å². The number of imidazole rings is 1. The molecule has 0 unspecified atom stereocenters. The van der Waals surface area contributed by atoms with Crippen LogP contribution in [-0.2, 0) is 11.2 Å². The van der Waals surface area contributed by atoms with Gasteiger partial charge in [-0.05, 0) is 33.3 Å². The van der Waals surface area contributed by atoms with Crippen LogP contribution in [0.15, 0.2) is 30.7 Å². The van der Waals surface area contributed by atoms with Crippen LogP contribution in [0.25, 0.3) is 5.65 Å². The predicted octanol–water partition coefficient (Wildman–Crippen LogP) is 3.59. The smallest absolute Gasteiger partial charge is 0.475 e. The fourth-order valence-corrected chi connectivity index (χ4v) is 4.55. The van der Waals surface area contributed by atoms with Gasteiger partial charge in [-0.2, -0.15) is 13.2 Å². The molecule has 2 aliphatic rings. The average molecular weight is 538 g/mol. The minimum Gasteiger partial charge on any atom is -0.475 e. The van der Waals surface area contributed by atoms with Crippen LogP contribution in [0.3, 0.4) is 0 Å². The Labute approximate surface area is 215 Å². The van der Waals surface area contributed by atoms with Crippen LogP contribution >= 0.6 is 0 Å². The van der Waals surface area contributed by atoms with E-state index in [1.54, 1.807) is 34.8 Å². The quantitative estimate of drug-likeness (QED) is 0.428. The number of pyridine rings is 2. The molecule has 5 rings (SSSR count). The van der Waals surface area contributed by atoms with Gasteiger partial charge in [-0.25, -0.2) is 23.9 Å². The number of amides is 2. The largest absolute Gasteiger partial charge is 0.490 e. The molecule has 204 valence electrons. The van der Waals surface area contributed by atoms with Crippen LogP contribution in [0, 0.1) is 12.7 Å². The highest BCUT2D eigenvalue weighted by atomic mass is 19.4. The molecule has 1 fully saturated rings. The fourth-order valence-electron chi connectivity index (χ4n) is 4.55. The number of alkyl halides is 3. The van der Waals surface area contributed by atoms with Gasteiger partial charge in [0.25, 0.3) is 0 Å². The van der Waals surface area contributed by atoms with E-state index in [9.17, 15) is 22.4 Å². The maximum Gasteiger partial charge on any atom is 0.490 e. The SMILES string of the molecule is Cc1cn2cc(NC(=O)N3CCc4c(N5CCNC(C)(C)C5)ccnc43)cc(F)c2n1.O=C(O)C(F)(F)F. The molecule has 2 aliphatic heterocycles. The van der Waals surface area contributed by atoms with E-state index in [4.69, 9.17) is 9.90 Å². The fraction of sp³-hybridized carbons (Fsp3) is 0.417. The van der Waals surface area contributed by atoms with Gasteiger partial charge in [0.05, 0.1) is 11.4 Å². The molecule has 0 aromatic carbocycles. The Morgan fingerprint density at radius 3 is 2.58 bits per heavy atom. The number of urea groups is 1. The molecular formula is C24H27F4N7O3. The van der Waals surface area contributed by atoms with Gasteiger partial charge in [0, 0.05) is 67.6 Å². The maximum absolute atomic E-state index is 14.4. The number of nitrogens with one attached hydrogen (secondary N) is 2. The third-order valence-electron chi connectivity index (χ3n) is 6.13. The third-order valence-corrected chi connectivity index (χ3v) is 6.13. The number of hydrogen-bond acceptors (Lipinski definition) is 6. The number of aliphatic carboxylic acids is 1. The van der Waals surface area contributed by atoms with Gasteiger partial charge >= 0.3 is 18.2 Å². The maximum atomic E-state index is 14.4. The Morgan fingerprint density at radius 2 is 1.92 bits per heavy atom. The number of anilines is 3. The van der Waals surface area contributed by atoms with Crippen molar-refractivity contribution in [2.45, 2.75) is 38.9 Å². The van der Waals surface area contributed by atoms with Crippen LogP contribution in [0.1, 0.15) is 25.1 Å². The lowest BCUT2D eigenvalue weighted by Gasteiger charge is -2.41. The van der Waals surface area contributed by atoms with Crippen molar-refractivity contribution in [3.63, 3.8) is 0 Å². The van der Waals surface area contributed by atoms with E-state index < -0.39 is 18.0 Å². The lowest BCUT2D eigenvalue weighted by atomic mass is 10.0. The second-order valence-corrected chi connectivity index (χ2v) is 9.69. The monoisotopic (exact) mass is 537 g/mol. The number of hydrogen-bond donors (Lipinski definition) is 3. The molecule has 0 spiro atoms. The zero-order valence-corrected chi connectivity index (χ0v) is 20.9. The molecule has 0 radical (unpaired) electrons. The van der Waals surface area contributed by atoms with Gasteiger partial charge in [0.15, 0.2) is 11.5 Å². The van der Waals surface area contributed by atoms with Crippen molar-refractivity contribution in [1.82, 2.24) is 19.7 Å². The lowest BCUT2D eigenvalue weighted by Crippen LogP contribution is -2.57. The number of rotatable bonds is 2. The van der Waals surface area contributed by atoms with Crippen LogP contribution in [0.2, 0.25) is 0 Å². The topological polar surface area (TPSA) is 115 Å². The van der Waals surface area contributed by atoms with Crippen molar-refractivity contribution < 1.29 is 32.3 Å². The molecule has 14 heteroatoms. The average Bonchev–Trinajstić information content (AvgIpc) is 3.41. The number of aromatic nitrogens is 3. The number of aryl methyl sites for hydroxylation is 1. The second-order valence-electron chi connectivity index (χ2n) is 9.69. The predicted molar refractivity (Wildman–Crippen MR) is 132 cm³/mol. The third kappa shape index (κ3) is 5.79. The minimum atomic E-state index is -5.08. The van der Waals surface area contributed by atoms with Crippen molar-refractivity contribution in [3.8, 4) is 0 Å². The van der Waals surface area contributed by atoms with E-state index >= 15 is 0 Å². The van der Waals surface area contributed by atoms with Crippen LogP contribution in [0.4, 0.5) is 39.5 Å². The Kier molecular flexibility index (Phi) is 7.19. The van der Waals surface area contributed by atoms with Crippen LogP contribution < -0.4 is 20.4 Å². The first-order valence-electron chi connectivity index (χ1n) is 11.8. The highest BCUT2D eigenvalue weighted by Gasteiger charge is 2.38. The lowest BCUT2D eigenvalue weighted by molar-refractivity contribution is -0.192. The molecular weight excluding hydrogens is 510 g/mol. The van der Waals surface area contributed by atoms with Gasteiger partial charge in [-0.1, -0.05) is 0 Å². The van der Waals surface area contributed by atoms with E-state index in [0.717, 1.165) is 37.3 Å². The molecule has 0 saturated carbocycles. The van der Waals surface area contributed by atoms with Crippen LogP contribution in [-0.4, -0.2) is 69.4 Å². The summed E-state index contributed by atoms with van der Waals surface area (Å²) in [5.74, 6) is -2.56. The molecule has 10 nitrogen and oxygen atoms in total. The number of carboxylic acids is 1. The van der Waals surface area contributed by atoms with E-state index in [2.05, 4.69) is 39.3 Å². The summed E-state index contributed by atoms with van der Waals surface area (Å²) >= 11 is 0. The first-order valence-corrected chi connectivity index (χ1v) is 11.8. The summed E-state index contributed by atoms with van der Waals surface area (Å²) in [7, 11) is 0. The molecule has 38 heavy (non-hydrogen) atoms. The summed E-state index contributed by atoms with van der Waals surface area (Å²) in [6.45, 7) is 9.44. The van der Waals surface area contributed by atoms with Gasteiger partial charge < -0.3 is 25.0 Å². The minimum absolute atomic E-state index is 0.0263. The molecule has 0 bridgehead atoms. The van der Waals surface area contributed by atoms with Crippen molar-refractivity contribution in [2.24, 2.45) is 0 Å². The number of carboxylic acid groups (broad SMARTS) is 1. The standard InChI is InChI=1S/C22H26FN7O.C2HF3O2/c1-14-11-29-12-15(10-17(23)20(29)26-14)27-21(31)30-8-5-16-18(4-6-24-19(16)30)28-9-7-25-22(2,3)13-28;3-2(4,5)1(6)7/h4,6,10-12,25H,5,7-9,13H2,1-3H3,(H,27,31);(H,6,7). The van der Waals surface area contributed by atoms with Crippen molar-refractivity contribution in [1.29, 1.82) is 0 Å². The first kappa shape index (κ1) is 27.1. The molecule has 0 atom stereocenters. The van der Waals surface area contributed by atoms with E-state index in [0.29, 0.717) is 23.7 Å².